The molecule has 0 unspecified atom stereocenters. The van der Waals surface area contributed by atoms with E-state index in [2.05, 4.69) is 11.9 Å². The van der Waals surface area contributed by atoms with Crippen molar-refractivity contribution in [3.63, 3.8) is 0 Å². The van der Waals surface area contributed by atoms with Crippen LogP contribution in [0.2, 0.25) is 0 Å². The Labute approximate surface area is 138 Å². The largest absolute Gasteiger partial charge is 0.497 e. The third-order valence-electron chi connectivity index (χ3n) is 3.98. The van der Waals surface area contributed by atoms with Crippen molar-refractivity contribution in [2.45, 2.75) is 33.2 Å². The van der Waals surface area contributed by atoms with Crippen LogP contribution in [0.3, 0.4) is 0 Å². The number of carbonyl (C=O) groups excluding carboxylic acids is 1. The summed E-state index contributed by atoms with van der Waals surface area (Å²) in [5, 5.41) is 0. The Morgan fingerprint density at radius 1 is 1.22 bits per heavy atom. The third kappa shape index (κ3) is 4.31. The maximum atomic E-state index is 12.7. The molecule has 0 fully saturated rings. The van der Waals surface area contributed by atoms with E-state index >= 15 is 0 Å². The van der Waals surface area contributed by atoms with Crippen LogP contribution in [-0.4, -0.2) is 35.5 Å². The highest BCUT2D eigenvalue weighted by Gasteiger charge is 2.20. The first-order valence-electron chi connectivity index (χ1n) is 7.91. The third-order valence-corrected chi connectivity index (χ3v) is 3.98. The minimum absolute atomic E-state index is 0.0287. The zero-order chi connectivity index (χ0) is 16.8. The van der Waals surface area contributed by atoms with Crippen molar-refractivity contribution in [2.75, 3.05) is 13.7 Å². The summed E-state index contributed by atoms with van der Waals surface area (Å²) in [5.41, 5.74) is 2.74. The van der Waals surface area contributed by atoms with Crippen LogP contribution in [0.1, 0.15) is 35.5 Å². The van der Waals surface area contributed by atoms with Crippen molar-refractivity contribution in [1.29, 1.82) is 0 Å². The molecule has 1 amide bonds. The van der Waals surface area contributed by atoms with Crippen molar-refractivity contribution >= 4 is 5.91 Å². The van der Waals surface area contributed by atoms with Gasteiger partial charge in [0.15, 0.2) is 0 Å². The maximum absolute atomic E-state index is 12.7. The Balaban J connectivity index is 2.09. The average Bonchev–Trinajstić information content (AvgIpc) is 2.56. The summed E-state index contributed by atoms with van der Waals surface area (Å²) in [5.74, 6) is 0.872. The zero-order valence-electron chi connectivity index (χ0n) is 14.2. The van der Waals surface area contributed by atoms with Gasteiger partial charge in [-0.3, -0.25) is 9.78 Å². The number of benzene rings is 1. The molecule has 1 atom stereocenters. The fraction of sp³-hybridized carbons (Fsp3) is 0.368. The molecule has 4 nitrogen and oxygen atoms in total. The van der Waals surface area contributed by atoms with E-state index in [-0.39, 0.29) is 11.9 Å². The topological polar surface area (TPSA) is 42.4 Å². The highest BCUT2D eigenvalue weighted by atomic mass is 16.5. The van der Waals surface area contributed by atoms with Crippen molar-refractivity contribution in [3.8, 4) is 5.75 Å². The Morgan fingerprint density at radius 3 is 2.43 bits per heavy atom. The normalized spacial score (nSPS) is 11.8. The molecule has 4 heteroatoms. The fourth-order valence-corrected chi connectivity index (χ4v) is 2.63. The second-order valence-electron chi connectivity index (χ2n) is 5.68. The van der Waals surface area contributed by atoms with Crippen molar-refractivity contribution in [3.05, 3.63) is 59.4 Å². The van der Waals surface area contributed by atoms with E-state index in [0.717, 1.165) is 17.9 Å². The average molecular weight is 312 g/mol. The second kappa shape index (κ2) is 7.77. The molecule has 23 heavy (non-hydrogen) atoms. The molecule has 2 aromatic rings. The van der Waals surface area contributed by atoms with Gasteiger partial charge in [-0.1, -0.05) is 12.1 Å². The SMILES string of the molecule is CCN(C(=O)c1ccc(C)nc1)[C@H](C)Cc1ccc(OC)cc1. The molecule has 0 saturated carbocycles. The van der Waals surface area contributed by atoms with Crippen LogP contribution in [0.15, 0.2) is 42.6 Å². The number of pyridine rings is 1. The van der Waals surface area contributed by atoms with Crippen LogP contribution >= 0.6 is 0 Å². The number of ether oxygens (including phenoxy) is 1. The first-order valence-corrected chi connectivity index (χ1v) is 7.91. The Kier molecular flexibility index (Phi) is 5.74. The van der Waals surface area contributed by atoms with Gasteiger partial charge in [-0.05, 0) is 57.0 Å². The van der Waals surface area contributed by atoms with Gasteiger partial charge in [0.2, 0.25) is 0 Å². The number of amides is 1. The molecule has 0 aliphatic carbocycles. The summed E-state index contributed by atoms with van der Waals surface area (Å²) in [6.45, 7) is 6.67. The number of hydrogen-bond acceptors (Lipinski definition) is 3. The second-order valence-corrected chi connectivity index (χ2v) is 5.68. The van der Waals surface area contributed by atoms with Gasteiger partial charge in [0.05, 0.1) is 12.7 Å². The van der Waals surface area contributed by atoms with E-state index in [1.807, 2.05) is 55.1 Å². The van der Waals surface area contributed by atoms with Crippen LogP contribution in [0.5, 0.6) is 5.75 Å². The molecule has 0 aliphatic rings. The molecule has 1 aromatic heterocycles. The van der Waals surface area contributed by atoms with Crippen LogP contribution < -0.4 is 4.74 Å². The molecule has 1 aromatic carbocycles. The van der Waals surface area contributed by atoms with Gasteiger partial charge < -0.3 is 9.64 Å². The first-order chi connectivity index (χ1) is 11.0. The standard InChI is InChI=1S/C19H24N2O2/c1-5-21(19(22)17-9-6-14(2)20-13-17)15(3)12-16-7-10-18(23-4)11-8-16/h6-11,13,15H,5,12H2,1-4H3/t15-/m1/s1. The summed E-state index contributed by atoms with van der Waals surface area (Å²) < 4.78 is 5.18. The lowest BCUT2D eigenvalue weighted by Crippen LogP contribution is -2.39. The van der Waals surface area contributed by atoms with E-state index in [0.29, 0.717) is 12.1 Å². The van der Waals surface area contributed by atoms with Gasteiger partial charge in [0.1, 0.15) is 5.75 Å². The molecule has 1 heterocycles. The van der Waals surface area contributed by atoms with E-state index in [1.54, 1.807) is 13.3 Å². The summed E-state index contributed by atoms with van der Waals surface area (Å²) in [6.07, 6.45) is 2.46. The quantitative estimate of drug-likeness (QED) is 0.820. The molecular formula is C19H24N2O2. The van der Waals surface area contributed by atoms with Gasteiger partial charge in [-0.2, -0.15) is 0 Å². The molecule has 0 radical (unpaired) electrons. The number of aromatic nitrogens is 1. The zero-order valence-corrected chi connectivity index (χ0v) is 14.2. The van der Waals surface area contributed by atoms with Gasteiger partial charge in [0.25, 0.3) is 5.91 Å². The van der Waals surface area contributed by atoms with Gasteiger partial charge in [-0.25, -0.2) is 0 Å². The smallest absolute Gasteiger partial charge is 0.255 e. The van der Waals surface area contributed by atoms with Crippen molar-refractivity contribution in [1.82, 2.24) is 9.88 Å². The molecule has 122 valence electrons. The number of hydrogen-bond donors (Lipinski definition) is 0. The lowest BCUT2D eigenvalue weighted by molar-refractivity contribution is 0.0703. The van der Waals surface area contributed by atoms with Crippen LogP contribution in [0.4, 0.5) is 0 Å². The van der Waals surface area contributed by atoms with Crippen LogP contribution in [0, 0.1) is 6.92 Å². The Morgan fingerprint density at radius 2 is 1.91 bits per heavy atom. The van der Waals surface area contributed by atoms with Crippen molar-refractivity contribution < 1.29 is 9.53 Å². The summed E-state index contributed by atoms with van der Waals surface area (Å²) in [7, 11) is 1.66. The summed E-state index contributed by atoms with van der Waals surface area (Å²) >= 11 is 0. The number of aryl methyl sites for hydroxylation is 1. The highest BCUT2D eigenvalue weighted by Crippen LogP contribution is 2.16. The number of methoxy groups -OCH3 is 1. The van der Waals surface area contributed by atoms with Crippen LogP contribution in [-0.2, 0) is 6.42 Å². The molecule has 0 spiro atoms. The first kappa shape index (κ1) is 17.0. The van der Waals surface area contributed by atoms with E-state index < -0.39 is 0 Å². The fourth-order valence-electron chi connectivity index (χ4n) is 2.63. The minimum Gasteiger partial charge on any atom is -0.497 e. The number of rotatable bonds is 6. The summed E-state index contributed by atoms with van der Waals surface area (Å²) in [4.78, 5) is 18.8. The molecule has 0 bridgehead atoms. The van der Waals surface area contributed by atoms with Crippen molar-refractivity contribution in [2.24, 2.45) is 0 Å². The lowest BCUT2D eigenvalue weighted by atomic mass is 10.0. The van der Waals surface area contributed by atoms with E-state index in [1.165, 1.54) is 5.56 Å². The van der Waals surface area contributed by atoms with Gasteiger partial charge in [-0.15, -0.1) is 0 Å². The number of nitrogens with zero attached hydrogens (tertiary/aromatic N) is 2. The van der Waals surface area contributed by atoms with Gasteiger partial charge >= 0.3 is 0 Å². The van der Waals surface area contributed by atoms with Gasteiger partial charge in [0, 0.05) is 24.5 Å². The predicted octanol–water partition coefficient (Wildman–Crippen LogP) is 3.49. The monoisotopic (exact) mass is 312 g/mol. The molecule has 0 N–H and O–H groups in total. The molecular weight excluding hydrogens is 288 g/mol. The number of carbonyl (C=O) groups is 1. The molecule has 0 aliphatic heterocycles. The van der Waals surface area contributed by atoms with E-state index in [4.69, 9.17) is 4.74 Å². The van der Waals surface area contributed by atoms with Crippen LogP contribution in [0.25, 0.3) is 0 Å². The summed E-state index contributed by atoms with van der Waals surface area (Å²) in [6, 6.07) is 11.8. The molecule has 0 saturated heterocycles. The Bertz CT molecular complexity index is 635. The highest BCUT2D eigenvalue weighted by molar-refractivity contribution is 5.94. The minimum atomic E-state index is 0.0287. The Hall–Kier alpha value is -2.36. The maximum Gasteiger partial charge on any atom is 0.255 e. The van der Waals surface area contributed by atoms with E-state index in [9.17, 15) is 4.79 Å². The predicted molar refractivity (Wildman–Crippen MR) is 91.8 cm³/mol. The number of likely N-dealkylation sites (N-methyl/N-ethyl adjacent to an activating group) is 1. The molecule has 2 rings (SSSR count). The lowest BCUT2D eigenvalue weighted by Gasteiger charge is -2.28.